The lowest BCUT2D eigenvalue weighted by Gasteiger charge is -2.37. The van der Waals surface area contributed by atoms with Gasteiger partial charge in [0.1, 0.15) is 5.82 Å². The molecule has 0 radical (unpaired) electrons. The van der Waals surface area contributed by atoms with Gasteiger partial charge in [-0.05, 0) is 31.9 Å². The van der Waals surface area contributed by atoms with E-state index in [-0.39, 0.29) is 30.6 Å². The number of amides is 1. The van der Waals surface area contributed by atoms with Crippen molar-refractivity contribution in [1.82, 2.24) is 15.2 Å². The van der Waals surface area contributed by atoms with E-state index in [1.54, 1.807) is 25.4 Å². The number of aliphatic hydroxyl groups is 1. The fourth-order valence-corrected chi connectivity index (χ4v) is 4.25. The third-order valence-corrected chi connectivity index (χ3v) is 5.36. The number of pyridine rings is 1. The van der Waals surface area contributed by atoms with Crippen molar-refractivity contribution in [1.29, 1.82) is 0 Å². The number of morpholine rings is 1. The number of rotatable bonds is 5. The van der Waals surface area contributed by atoms with Gasteiger partial charge in [-0.3, -0.25) is 9.69 Å². The quantitative estimate of drug-likeness (QED) is 0.799. The SMILES string of the molecule is CNC(=O)c1cccnc1N1C[C@@H](CN2C[C@@H](C)O[C@@H](C)C2)[C@@H](CO)C1. The van der Waals surface area contributed by atoms with Crippen LogP contribution in [0, 0.1) is 11.8 Å². The van der Waals surface area contributed by atoms with Gasteiger partial charge < -0.3 is 20.1 Å². The van der Waals surface area contributed by atoms with E-state index in [1.165, 1.54) is 0 Å². The monoisotopic (exact) mass is 362 g/mol. The summed E-state index contributed by atoms with van der Waals surface area (Å²) < 4.78 is 5.82. The number of carbonyl (C=O) groups is 1. The average molecular weight is 362 g/mol. The predicted molar refractivity (Wildman–Crippen MR) is 100 cm³/mol. The Kier molecular flexibility index (Phi) is 6.11. The molecule has 144 valence electrons. The minimum atomic E-state index is -0.132. The Morgan fingerprint density at radius 2 is 1.96 bits per heavy atom. The average Bonchev–Trinajstić information content (AvgIpc) is 3.02. The zero-order valence-corrected chi connectivity index (χ0v) is 15.9. The van der Waals surface area contributed by atoms with Crippen molar-refractivity contribution in [2.75, 3.05) is 51.3 Å². The highest BCUT2D eigenvalue weighted by atomic mass is 16.5. The van der Waals surface area contributed by atoms with Gasteiger partial charge >= 0.3 is 0 Å². The standard InChI is InChI=1S/C19H30N4O3/c1-13-7-22(8-14(2)26-13)9-15-10-23(11-16(15)12-24)18-17(19(25)20-3)5-4-6-21-18/h4-6,13-16,24H,7-12H2,1-3H3,(H,20,25)/t13-,14+,15-,16-/m1/s1. The van der Waals surface area contributed by atoms with Crippen LogP contribution in [0.15, 0.2) is 18.3 Å². The first-order chi connectivity index (χ1) is 12.5. The zero-order valence-electron chi connectivity index (χ0n) is 15.9. The molecule has 2 saturated heterocycles. The van der Waals surface area contributed by atoms with Crippen molar-refractivity contribution in [2.24, 2.45) is 11.8 Å². The number of aliphatic hydroxyl groups excluding tert-OH is 1. The molecule has 2 fully saturated rings. The Labute approximate surface area is 155 Å². The van der Waals surface area contributed by atoms with Crippen LogP contribution in [-0.2, 0) is 4.74 Å². The maximum Gasteiger partial charge on any atom is 0.254 e. The van der Waals surface area contributed by atoms with Crippen molar-refractivity contribution in [3.63, 3.8) is 0 Å². The Balaban J connectivity index is 1.72. The molecular weight excluding hydrogens is 332 g/mol. The van der Waals surface area contributed by atoms with Crippen LogP contribution in [0.4, 0.5) is 5.82 Å². The first-order valence-corrected chi connectivity index (χ1v) is 9.42. The molecule has 7 heteroatoms. The third kappa shape index (κ3) is 4.16. The van der Waals surface area contributed by atoms with Crippen LogP contribution in [0.1, 0.15) is 24.2 Å². The molecule has 0 aliphatic carbocycles. The van der Waals surface area contributed by atoms with Crippen LogP contribution in [0.5, 0.6) is 0 Å². The molecule has 0 aromatic carbocycles. The van der Waals surface area contributed by atoms with Crippen LogP contribution >= 0.6 is 0 Å². The summed E-state index contributed by atoms with van der Waals surface area (Å²) in [5.74, 6) is 1.10. The smallest absolute Gasteiger partial charge is 0.254 e. The summed E-state index contributed by atoms with van der Waals surface area (Å²) in [6, 6.07) is 3.58. The molecule has 3 rings (SSSR count). The van der Waals surface area contributed by atoms with E-state index in [0.29, 0.717) is 17.3 Å². The summed E-state index contributed by atoms with van der Waals surface area (Å²) in [4.78, 5) is 21.2. The summed E-state index contributed by atoms with van der Waals surface area (Å²) in [5, 5.41) is 12.6. The van der Waals surface area contributed by atoms with E-state index < -0.39 is 0 Å². The molecule has 4 atom stereocenters. The van der Waals surface area contributed by atoms with Crippen molar-refractivity contribution in [3.05, 3.63) is 23.9 Å². The van der Waals surface area contributed by atoms with Gasteiger partial charge in [-0.25, -0.2) is 4.98 Å². The van der Waals surface area contributed by atoms with Gasteiger partial charge in [0.05, 0.1) is 17.8 Å². The van der Waals surface area contributed by atoms with Crippen LogP contribution in [0.3, 0.4) is 0 Å². The van der Waals surface area contributed by atoms with Crippen molar-refractivity contribution in [2.45, 2.75) is 26.1 Å². The lowest BCUT2D eigenvalue weighted by atomic mass is 9.96. The molecule has 1 aromatic rings. The lowest BCUT2D eigenvalue weighted by molar-refractivity contribution is -0.0725. The molecule has 0 bridgehead atoms. The van der Waals surface area contributed by atoms with Gasteiger partial charge in [-0.2, -0.15) is 0 Å². The highest BCUT2D eigenvalue weighted by Crippen LogP contribution is 2.30. The topological polar surface area (TPSA) is 77.9 Å². The largest absolute Gasteiger partial charge is 0.396 e. The van der Waals surface area contributed by atoms with Gasteiger partial charge in [0, 0.05) is 58.5 Å². The molecule has 1 amide bonds. The Bertz CT molecular complexity index is 617. The van der Waals surface area contributed by atoms with E-state index in [2.05, 4.69) is 33.9 Å². The van der Waals surface area contributed by atoms with Gasteiger partial charge in [0.2, 0.25) is 0 Å². The van der Waals surface area contributed by atoms with Gasteiger partial charge in [-0.1, -0.05) is 0 Å². The van der Waals surface area contributed by atoms with Crippen LogP contribution < -0.4 is 10.2 Å². The second-order valence-corrected chi connectivity index (χ2v) is 7.54. The number of anilines is 1. The van der Waals surface area contributed by atoms with Gasteiger partial charge in [-0.15, -0.1) is 0 Å². The number of nitrogens with one attached hydrogen (secondary N) is 1. The van der Waals surface area contributed by atoms with E-state index in [0.717, 1.165) is 32.7 Å². The molecule has 7 nitrogen and oxygen atoms in total. The highest BCUT2D eigenvalue weighted by Gasteiger charge is 2.36. The third-order valence-electron chi connectivity index (χ3n) is 5.36. The number of aromatic nitrogens is 1. The van der Waals surface area contributed by atoms with E-state index >= 15 is 0 Å². The molecule has 2 aliphatic rings. The molecule has 1 aromatic heterocycles. The van der Waals surface area contributed by atoms with Crippen molar-refractivity contribution < 1.29 is 14.6 Å². The van der Waals surface area contributed by atoms with Gasteiger partial charge in [0.15, 0.2) is 0 Å². The molecule has 0 unspecified atom stereocenters. The molecule has 26 heavy (non-hydrogen) atoms. The normalized spacial score (nSPS) is 29.8. The second-order valence-electron chi connectivity index (χ2n) is 7.54. The summed E-state index contributed by atoms with van der Waals surface area (Å²) in [7, 11) is 1.63. The van der Waals surface area contributed by atoms with Crippen LogP contribution in [0.2, 0.25) is 0 Å². The molecular formula is C19H30N4O3. The van der Waals surface area contributed by atoms with E-state index in [9.17, 15) is 9.90 Å². The highest BCUT2D eigenvalue weighted by molar-refractivity contribution is 5.98. The van der Waals surface area contributed by atoms with E-state index in [4.69, 9.17) is 4.74 Å². The Hall–Kier alpha value is -1.70. The summed E-state index contributed by atoms with van der Waals surface area (Å²) >= 11 is 0. The number of carbonyl (C=O) groups excluding carboxylic acids is 1. The number of nitrogens with zero attached hydrogens (tertiary/aromatic N) is 3. The molecule has 2 aliphatic heterocycles. The maximum absolute atomic E-state index is 12.2. The number of hydrogen-bond donors (Lipinski definition) is 2. The fourth-order valence-electron chi connectivity index (χ4n) is 4.25. The first-order valence-electron chi connectivity index (χ1n) is 9.42. The molecule has 0 saturated carbocycles. The molecule has 3 heterocycles. The summed E-state index contributed by atoms with van der Waals surface area (Å²) in [6.45, 7) is 8.66. The maximum atomic E-state index is 12.2. The lowest BCUT2D eigenvalue weighted by Crippen LogP contribution is -2.48. The number of ether oxygens (including phenoxy) is 1. The predicted octanol–water partition coefficient (Wildman–Crippen LogP) is 0.595. The van der Waals surface area contributed by atoms with E-state index in [1.807, 2.05) is 0 Å². The Morgan fingerprint density at radius 1 is 1.27 bits per heavy atom. The minimum absolute atomic E-state index is 0.132. The second kappa shape index (κ2) is 8.33. The van der Waals surface area contributed by atoms with Crippen LogP contribution in [0.25, 0.3) is 0 Å². The minimum Gasteiger partial charge on any atom is -0.396 e. The fraction of sp³-hybridized carbons (Fsp3) is 0.684. The van der Waals surface area contributed by atoms with Gasteiger partial charge in [0.25, 0.3) is 5.91 Å². The van der Waals surface area contributed by atoms with Crippen molar-refractivity contribution in [3.8, 4) is 0 Å². The van der Waals surface area contributed by atoms with Crippen molar-refractivity contribution >= 4 is 11.7 Å². The molecule has 2 N–H and O–H groups in total. The summed E-state index contributed by atoms with van der Waals surface area (Å²) in [5.41, 5.74) is 0.584. The first kappa shape index (κ1) is 19.1. The Morgan fingerprint density at radius 3 is 2.62 bits per heavy atom. The molecule has 0 spiro atoms. The van der Waals surface area contributed by atoms with Crippen LogP contribution in [-0.4, -0.2) is 79.5 Å². The zero-order chi connectivity index (χ0) is 18.7. The number of hydrogen-bond acceptors (Lipinski definition) is 6. The summed E-state index contributed by atoms with van der Waals surface area (Å²) in [6.07, 6.45) is 2.19.